The molecule has 0 fully saturated rings. The van der Waals surface area contributed by atoms with Crippen LogP contribution >= 0.6 is 23.1 Å². The molecule has 0 atom stereocenters. The summed E-state index contributed by atoms with van der Waals surface area (Å²) in [5.74, 6) is 0.944. The average Bonchev–Trinajstić information content (AvgIpc) is 2.84. The van der Waals surface area contributed by atoms with E-state index >= 15 is 0 Å². The van der Waals surface area contributed by atoms with E-state index in [1.54, 1.807) is 23.1 Å². The maximum Gasteiger partial charge on any atom is 0.305 e. The molecular weight excluding hydrogens is 278 g/mol. The molecule has 1 aromatic heterocycles. The van der Waals surface area contributed by atoms with E-state index in [4.69, 9.17) is 0 Å². The molecule has 0 saturated heterocycles. The monoisotopic (exact) mass is 295 g/mol. The number of fused-ring (bicyclic) bond motifs is 1. The fourth-order valence-electron chi connectivity index (χ4n) is 1.72. The first-order valence-corrected chi connectivity index (χ1v) is 8.15. The summed E-state index contributed by atoms with van der Waals surface area (Å²) in [5.41, 5.74) is 1.08. The lowest BCUT2D eigenvalue weighted by Gasteiger charge is -1.99. The van der Waals surface area contributed by atoms with E-state index in [0.717, 1.165) is 34.9 Å². The van der Waals surface area contributed by atoms with Crippen molar-refractivity contribution in [2.75, 3.05) is 12.9 Å². The highest BCUT2D eigenvalue weighted by atomic mass is 32.2. The molecule has 0 aliphatic heterocycles. The van der Waals surface area contributed by atoms with Crippen LogP contribution in [0.1, 0.15) is 25.7 Å². The van der Waals surface area contributed by atoms with E-state index in [1.165, 1.54) is 11.8 Å². The molecule has 102 valence electrons. The average molecular weight is 295 g/mol. The minimum Gasteiger partial charge on any atom is -0.469 e. The second-order valence-electron chi connectivity index (χ2n) is 4.18. The zero-order valence-electron chi connectivity index (χ0n) is 10.9. The molecule has 1 aromatic carbocycles. The van der Waals surface area contributed by atoms with E-state index < -0.39 is 0 Å². The van der Waals surface area contributed by atoms with Crippen LogP contribution in [0.3, 0.4) is 0 Å². The Bertz CT molecular complexity index is 506. The van der Waals surface area contributed by atoms with Crippen molar-refractivity contribution in [2.45, 2.75) is 30.0 Å². The SMILES string of the molecule is COC(=O)CCCCCSc1nc2ccccc2s1. The van der Waals surface area contributed by atoms with Crippen LogP contribution in [-0.2, 0) is 9.53 Å². The van der Waals surface area contributed by atoms with E-state index in [9.17, 15) is 4.79 Å². The Morgan fingerprint density at radius 3 is 2.95 bits per heavy atom. The fourth-order valence-corrected chi connectivity index (χ4v) is 3.86. The number of benzene rings is 1. The highest BCUT2D eigenvalue weighted by molar-refractivity contribution is 8.01. The van der Waals surface area contributed by atoms with Gasteiger partial charge in [0.1, 0.15) is 0 Å². The van der Waals surface area contributed by atoms with E-state index in [1.807, 2.05) is 18.2 Å². The molecule has 1 heterocycles. The van der Waals surface area contributed by atoms with Gasteiger partial charge in [-0.05, 0) is 25.0 Å². The van der Waals surface area contributed by atoms with Gasteiger partial charge < -0.3 is 4.74 Å². The molecule has 0 amide bonds. The van der Waals surface area contributed by atoms with Crippen molar-refractivity contribution < 1.29 is 9.53 Å². The van der Waals surface area contributed by atoms with Crippen molar-refractivity contribution in [2.24, 2.45) is 0 Å². The number of aromatic nitrogens is 1. The number of rotatable bonds is 7. The third-order valence-corrected chi connectivity index (χ3v) is 5.02. The van der Waals surface area contributed by atoms with Crippen LogP contribution in [0.25, 0.3) is 10.2 Å². The van der Waals surface area contributed by atoms with Crippen LogP contribution in [0.15, 0.2) is 28.6 Å². The maximum atomic E-state index is 10.9. The van der Waals surface area contributed by atoms with Crippen LogP contribution < -0.4 is 0 Å². The number of thioether (sulfide) groups is 1. The Kier molecular flexibility index (Phi) is 5.66. The molecule has 0 bridgehead atoms. The molecule has 0 saturated carbocycles. The van der Waals surface area contributed by atoms with Gasteiger partial charge in [0.25, 0.3) is 0 Å². The summed E-state index contributed by atoms with van der Waals surface area (Å²) >= 11 is 3.55. The number of unbranched alkanes of at least 4 members (excludes halogenated alkanes) is 2. The van der Waals surface area contributed by atoms with Crippen molar-refractivity contribution in [1.82, 2.24) is 4.98 Å². The highest BCUT2D eigenvalue weighted by Gasteiger charge is 2.04. The van der Waals surface area contributed by atoms with Crippen molar-refractivity contribution >= 4 is 39.3 Å². The molecule has 0 radical (unpaired) electrons. The molecule has 0 unspecified atom stereocenters. The Morgan fingerprint density at radius 1 is 1.32 bits per heavy atom. The van der Waals surface area contributed by atoms with Gasteiger partial charge in [0.05, 0.1) is 17.3 Å². The van der Waals surface area contributed by atoms with Gasteiger partial charge in [0.15, 0.2) is 4.34 Å². The van der Waals surface area contributed by atoms with Gasteiger partial charge in [-0.25, -0.2) is 4.98 Å². The Labute approximate surface area is 121 Å². The Hall–Kier alpha value is -1.07. The fraction of sp³-hybridized carbons (Fsp3) is 0.429. The quantitative estimate of drug-likeness (QED) is 0.437. The molecule has 0 aliphatic carbocycles. The zero-order chi connectivity index (χ0) is 13.5. The number of para-hydroxylation sites is 1. The van der Waals surface area contributed by atoms with Crippen molar-refractivity contribution in [3.05, 3.63) is 24.3 Å². The predicted molar refractivity (Wildman–Crippen MR) is 80.8 cm³/mol. The molecule has 0 aliphatic rings. The molecule has 3 nitrogen and oxygen atoms in total. The van der Waals surface area contributed by atoms with Crippen LogP contribution in [0.5, 0.6) is 0 Å². The van der Waals surface area contributed by atoms with Crippen molar-refractivity contribution in [1.29, 1.82) is 0 Å². The van der Waals surface area contributed by atoms with E-state index in [2.05, 4.69) is 15.8 Å². The topological polar surface area (TPSA) is 39.2 Å². The number of hydrogen-bond acceptors (Lipinski definition) is 5. The van der Waals surface area contributed by atoms with Crippen LogP contribution in [0.4, 0.5) is 0 Å². The summed E-state index contributed by atoms with van der Waals surface area (Å²) in [5, 5.41) is 0. The third-order valence-electron chi connectivity index (χ3n) is 2.75. The summed E-state index contributed by atoms with van der Waals surface area (Å²) in [4.78, 5) is 15.5. The van der Waals surface area contributed by atoms with Gasteiger partial charge in [-0.15, -0.1) is 11.3 Å². The Balaban J connectivity index is 1.67. The lowest BCUT2D eigenvalue weighted by Crippen LogP contribution is -1.99. The molecule has 0 spiro atoms. The molecule has 5 heteroatoms. The largest absolute Gasteiger partial charge is 0.469 e. The molecule has 2 aromatic rings. The second-order valence-corrected chi connectivity index (χ2v) is 6.56. The lowest BCUT2D eigenvalue weighted by atomic mass is 10.2. The van der Waals surface area contributed by atoms with Crippen LogP contribution in [-0.4, -0.2) is 23.8 Å². The van der Waals surface area contributed by atoms with Gasteiger partial charge in [-0.2, -0.15) is 0 Å². The van der Waals surface area contributed by atoms with Gasteiger partial charge in [-0.1, -0.05) is 30.3 Å². The number of thiazole rings is 1. The molecular formula is C14H17NO2S2. The predicted octanol–water partition coefficient (Wildman–Crippen LogP) is 4.12. The third kappa shape index (κ3) is 4.51. The van der Waals surface area contributed by atoms with Crippen LogP contribution in [0, 0.1) is 0 Å². The van der Waals surface area contributed by atoms with E-state index in [0.29, 0.717) is 6.42 Å². The normalized spacial score (nSPS) is 10.8. The first-order chi connectivity index (χ1) is 9.29. The van der Waals surface area contributed by atoms with Gasteiger partial charge in [0, 0.05) is 12.2 Å². The lowest BCUT2D eigenvalue weighted by molar-refractivity contribution is -0.140. The number of hydrogen-bond donors (Lipinski definition) is 0. The minimum absolute atomic E-state index is 0.112. The first kappa shape index (κ1) is 14.3. The first-order valence-electron chi connectivity index (χ1n) is 6.35. The smallest absolute Gasteiger partial charge is 0.305 e. The van der Waals surface area contributed by atoms with Gasteiger partial charge >= 0.3 is 5.97 Å². The molecule has 19 heavy (non-hydrogen) atoms. The minimum atomic E-state index is -0.112. The number of ether oxygens (including phenoxy) is 1. The standard InChI is InChI=1S/C14H17NO2S2/c1-17-13(16)9-3-2-6-10-18-14-15-11-7-4-5-8-12(11)19-14/h4-5,7-8H,2-3,6,9-10H2,1H3. The van der Waals surface area contributed by atoms with Crippen molar-refractivity contribution in [3.8, 4) is 0 Å². The summed E-state index contributed by atoms with van der Waals surface area (Å²) in [7, 11) is 1.44. The van der Waals surface area contributed by atoms with E-state index in [-0.39, 0.29) is 5.97 Å². The molecule has 0 N–H and O–H groups in total. The highest BCUT2D eigenvalue weighted by Crippen LogP contribution is 2.29. The van der Waals surface area contributed by atoms with Gasteiger partial charge in [0.2, 0.25) is 0 Å². The van der Waals surface area contributed by atoms with Crippen molar-refractivity contribution in [3.63, 3.8) is 0 Å². The second kappa shape index (κ2) is 7.50. The molecule has 2 rings (SSSR count). The zero-order valence-corrected chi connectivity index (χ0v) is 12.6. The number of esters is 1. The number of methoxy groups -OCH3 is 1. The van der Waals surface area contributed by atoms with Gasteiger partial charge in [-0.3, -0.25) is 4.79 Å². The summed E-state index contributed by atoms with van der Waals surface area (Å²) in [6.07, 6.45) is 3.61. The number of carbonyl (C=O) groups is 1. The number of carbonyl (C=O) groups excluding carboxylic acids is 1. The maximum absolute atomic E-state index is 10.9. The summed E-state index contributed by atoms with van der Waals surface area (Å²) in [6, 6.07) is 8.21. The number of nitrogens with zero attached hydrogens (tertiary/aromatic N) is 1. The summed E-state index contributed by atoms with van der Waals surface area (Å²) in [6.45, 7) is 0. The Morgan fingerprint density at radius 2 is 2.16 bits per heavy atom. The van der Waals surface area contributed by atoms with Crippen LogP contribution in [0.2, 0.25) is 0 Å². The summed E-state index contributed by atoms with van der Waals surface area (Å²) < 4.78 is 6.99.